The third-order valence-corrected chi connectivity index (χ3v) is 6.86. The molecular weight excluding hydrogens is 432 g/mol. The van der Waals surface area contributed by atoms with E-state index in [4.69, 9.17) is 18.8 Å². The number of benzene rings is 1. The number of aromatic nitrogens is 2. The number of hydrogen-bond donors (Lipinski definition) is 2. The number of nitrogens with one attached hydrogen (secondary N) is 2. The number of ketones is 1. The highest BCUT2D eigenvalue weighted by molar-refractivity contribution is 7.10. The Kier molecular flexibility index (Phi) is 5.22. The number of thiophene rings is 1. The van der Waals surface area contributed by atoms with E-state index in [1.807, 2.05) is 17.5 Å². The zero-order valence-electron chi connectivity index (χ0n) is 17.8. The second-order valence-electron chi connectivity index (χ2n) is 7.55. The van der Waals surface area contributed by atoms with E-state index < -0.39 is 6.04 Å². The molecule has 0 fully saturated rings. The highest BCUT2D eigenvalue weighted by Crippen LogP contribution is 2.47. The van der Waals surface area contributed by atoms with Gasteiger partial charge in [-0.3, -0.25) is 4.79 Å². The van der Waals surface area contributed by atoms with E-state index in [-0.39, 0.29) is 11.7 Å². The molecule has 0 amide bonds. The molecule has 0 saturated heterocycles. The molecule has 32 heavy (non-hydrogen) atoms. The summed E-state index contributed by atoms with van der Waals surface area (Å²) in [6.45, 7) is 0. The van der Waals surface area contributed by atoms with E-state index >= 15 is 0 Å². The normalized spacial score (nSPS) is 19.9. The van der Waals surface area contributed by atoms with Crippen molar-refractivity contribution in [3.8, 4) is 17.2 Å². The number of carbonyl (C=O) groups excluding carboxylic acids is 1. The lowest BCUT2D eigenvalue weighted by atomic mass is 9.80. The molecule has 2 aromatic heterocycles. The van der Waals surface area contributed by atoms with Crippen molar-refractivity contribution in [1.82, 2.24) is 10.3 Å². The molecule has 0 spiro atoms. The van der Waals surface area contributed by atoms with Gasteiger partial charge in [-0.05, 0) is 34.2 Å². The fourth-order valence-corrected chi connectivity index (χ4v) is 5.17. The fourth-order valence-electron chi connectivity index (χ4n) is 4.34. The molecule has 0 radical (unpaired) electrons. The molecule has 0 unspecified atom stereocenters. The Balaban J connectivity index is 1.66. The first-order chi connectivity index (χ1) is 15.6. The maximum absolute atomic E-state index is 13.5. The number of carbonyl (C=O) groups is 1. The summed E-state index contributed by atoms with van der Waals surface area (Å²) < 4.78 is 21.5. The molecule has 2 aliphatic rings. The Morgan fingerprint density at radius 1 is 1.03 bits per heavy atom. The third-order valence-electron chi connectivity index (χ3n) is 5.83. The van der Waals surface area contributed by atoms with Gasteiger partial charge in [0.25, 0.3) is 0 Å². The van der Waals surface area contributed by atoms with Crippen molar-refractivity contribution < 1.29 is 23.6 Å². The minimum atomic E-state index is -0.544. The third kappa shape index (κ3) is 3.36. The number of anilines is 2. The highest BCUT2D eigenvalue weighted by Gasteiger charge is 2.39. The van der Waals surface area contributed by atoms with Gasteiger partial charge in [0.05, 0.1) is 27.4 Å². The SMILES string of the molecule is COc1cc(OC)c([C@@H]2Nc3nonc3NC3=C2C(=O)C[C@H](c2cccs2)C3)cc1OC. The van der Waals surface area contributed by atoms with Crippen LogP contribution >= 0.6 is 11.3 Å². The summed E-state index contributed by atoms with van der Waals surface area (Å²) in [5.41, 5.74) is 2.14. The van der Waals surface area contributed by atoms with Crippen LogP contribution in [0, 0.1) is 0 Å². The number of rotatable bonds is 5. The predicted molar refractivity (Wildman–Crippen MR) is 119 cm³/mol. The van der Waals surface area contributed by atoms with Crippen LogP contribution in [0.4, 0.5) is 11.6 Å². The molecule has 0 bridgehead atoms. The van der Waals surface area contributed by atoms with E-state index in [2.05, 4.69) is 27.0 Å². The van der Waals surface area contributed by atoms with Gasteiger partial charge in [-0.25, -0.2) is 4.63 Å². The summed E-state index contributed by atoms with van der Waals surface area (Å²) in [6, 6.07) is 7.10. The molecule has 10 heteroatoms. The lowest BCUT2D eigenvalue weighted by molar-refractivity contribution is -0.116. The van der Waals surface area contributed by atoms with Crippen LogP contribution in [0.1, 0.15) is 35.2 Å². The lowest BCUT2D eigenvalue weighted by Crippen LogP contribution is -2.27. The van der Waals surface area contributed by atoms with Crippen LogP contribution in [-0.2, 0) is 4.79 Å². The second kappa shape index (κ2) is 8.19. The summed E-state index contributed by atoms with van der Waals surface area (Å²) in [5.74, 6) is 2.63. The van der Waals surface area contributed by atoms with Crippen LogP contribution in [0.5, 0.6) is 17.2 Å². The van der Waals surface area contributed by atoms with Gasteiger partial charge in [0.1, 0.15) is 5.75 Å². The van der Waals surface area contributed by atoms with Crippen LogP contribution < -0.4 is 24.8 Å². The summed E-state index contributed by atoms with van der Waals surface area (Å²) in [4.78, 5) is 14.7. The monoisotopic (exact) mass is 454 g/mol. The maximum atomic E-state index is 13.5. The standard InChI is InChI=1S/C22H22N4O5S/c1-28-15-10-17(30-3)16(29-2)9-12(15)20-19-13(23-21-22(24-20)26-31-25-21)7-11(8-14(19)27)18-5-4-6-32-18/h4-6,9-11,20H,7-8H2,1-3H3,(H,23,25)(H,24,26)/t11-,20+/m1/s1. The number of methoxy groups -OCH3 is 3. The van der Waals surface area contributed by atoms with Crippen molar-refractivity contribution in [2.24, 2.45) is 0 Å². The first-order valence-corrected chi connectivity index (χ1v) is 11.0. The number of Topliss-reactive ketones (excluding diaryl/α,β-unsaturated/α-hetero) is 1. The van der Waals surface area contributed by atoms with E-state index in [1.165, 1.54) is 4.88 Å². The average Bonchev–Trinajstić information content (AvgIpc) is 3.47. The number of ether oxygens (including phenoxy) is 3. The molecule has 1 aliphatic carbocycles. The van der Waals surface area contributed by atoms with Crippen LogP contribution in [0.2, 0.25) is 0 Å². The molecule has 2 atom stereocenters. The maximum Gasteiger partial charge on any atom is 0.219 e. The molecule has 3 aromatic rings. The Bertz CT molecular complexity index is 1190. The van der Waals surface area contributed by atoms with Gasteiger partial charge in [-0.1, -0.05) is 6.07 Å². The summed E-state index contributed by atoms with van der Waals surface area (Å²) in [6.07, 6.45) is 1.09. The molecule has 1 aromatic carbocycles. The minimum absolute atomic E-state index is 0.0496. The molecule has 1 aliphatic heterocycles. The van der Waals surface area contributed by atoms with Crippen LogP contribution in [0.25, 0.3) is 0 Å². The summed E-state index contributed by atoms with van der Waals surface area (Å²) >= 11 is 1.66. The zero-order chi connectivity index (χ0) is 22.2. The summed E-state index contributed by atoms with van der Waals surface area (Å²) in [5, 5.41) is 16.6. The Hall–Kier alpha value is -3.53. The van der Waals surface area contributed by atoms with Gasteiger partial charge >= 0.3 is 0 Å². The van der Waals surface area contributed by atoms with E-state index in [9.17, 15) is 4.79 Å². The van der Waals surface area contributed by atoms with E-state index in [1.54, 1.807) is 38.7 Å². The van der Waals surface area contributed by atoms with Gasteiger partial charge in [0, 0.05) is 40.1 Å². The minimum Gasteiger partial charge on any atom is -0.496 e. The molecule has 0 saturated carbocycles. The van der Waals surface area contributed by atoms with Crippen molar-refractivity contribution >= 4 is 28.8 Å². The van der Waals surface area contributed by atoms with Crippen molar-refractivity contribution in [3.63, 3.8) is 0 Å². The molecule has 9 nitrogen and oxygen atoms in total. The number of hydrogen-bond acceptors (Lipinski definition) is 10. The predicted octanol–water partition coefficient (Wildman–Crippen LogP) is 4.14. The second-order valence-corrected chi connectivity index (χ2v) is 8.53. The molecule has 166 valence electrons. The van der Waals surface area contributed by atoms with Crippen LogP contribution in [-0.4, -0.2) is 37.4 Å². The van der Waals surface area contributed by atoms with E-state index in [0.29, 0.717) is 47.3 Å². The molecule has 3 heterocycles. The number of fused-ring (bicyclic) bond motifs is 1. The number of nitrogens with zero attached hydrogens (tertiary/aromatic N) is 2. The Morgan fingerprint density at radius 2 is 1.78 bits per heavy atom. The average molecular weight is 455 g/mol. The van der Waals surface area contributed by atoms with Gasteiger partial charge in [0.2, 0.25) is 11.6 Å². The smallest absolute Gasteiger partial charge is 0.219 e. The largest absolute Gasteiger partial charge is 0.496 e. The highest BCUT2D eigenvalue weighted by atomic mass is 32.1. The quantitative estimate of drug-likeness (QED) is 0.588. The van der Waals surface area contributed by atoms with Crippen LogP contribution in [0.15, 0.2) is 45.5 Å². The summed E-state index contributed by atoms with van der Waals surface area (Å²) in [7, 11) is 4.71. The first-order valence-electron chi connectivity index (χ1n) is 10.1. The molecule has 5 rings (SSSR count). The molecule has 2 N–H and O–H groups in total. The zero-order valence-corrected chi connectivity index (χ0v) is 18.6. The first kappa shape index (κ1) is 20.4. The van der Waals surface area contributed by atoms with Crippen molar-refractivity contribution in [2.75, 3.05) is 32.0 Å². The Labute approximate surface area is 188 Å². The van der Waals surface area contributed by atoms with Crippen molar-refractivity contribution in [2.45, 2.75) is 24.8 Å². The van der Waals surface area contributed by atoms with Gasteiger partial charge in [0.15, 0.2) is 17.3 Å². The van der Waals surface area contributed by atoms with E-state index in [0.717, 1.165) is 11.3 Å². The Morgan fingerprint density at radius 3 is 2.50 bits per heavy atom. The topological polar surface area (TPSA) is 108 Å². The number of allylic oxidation sites excluding steroid dienone is 1. The fraction of sp³-hybridized carbons (Fsp3) is 0.318. The van der Waals surface area contributed by atoms with Crippen LogP contribution in [0.3, 0.4) is 0 Å². The van der Waals surface area contributed by atoms with Crippen molar-refractivity contribution in [3.05, 3.63) is 51.4 Å². The van der Waals surface area contributed by atoms with Gasteiger partial charge < -0.3 is 24.8 Å². The molecular formula is C22H22N4O5S. The van der Waals surface area contributed by atoms with Gasteiger partial charge in [-0.15, -0.1) is 11.3 Å². The lowest BCUT2D eigenvalue weighted by Gasteiger charge is -2.30. The van der Waals surface area contributed by atoms with Crippen molar-refractivity contribution in [1.29, 1.82) is 0 Å². The van der Waals surface area contributed by atoms with Gasteiger partial charge in [-0.2, -0.15) is 0 Å².